The van der Waals surface area contributed by atoms with Crippen LogP contribution in [0.2, 0.25) is 0 Å². The fourth-order valence-electron chi connectivity index (χ4n) is 0.498. The van der Waals surface area contributed by atoms with Gasteiger partial charge in [-0.15, -0.1) is 0 Å². The molecule has 0 aromatic carbocycles. The third-order valence-corrected chi connectivity index (χ3v) is 1.01. The average molecular weight is 130 g/mol. The zero-order valence-electron chi connectivity index (χ0n) is 5.42. The Labute approximate surface area is 53.9 Å². The molecular formula is C6H10O3. The molecular weight excluding hydrogens is 120 g/mol. The highest BCUT2D eigenvalue weighted by atomic mass is 16.6. The van der Waals surface area contributed by atoms with Crippen molar-refractivity contribution in [1.29, 1.82) is 0 Å². The summed E-state index contributed by atoms with van der Waals surface area (Å²) in [6.07, 6.45) is 0.268. The third kappa shape index (κ3) is 3.21. The summed E-state index contributed by atoms with van der Waals surface area (Å²) in [5, 5.41) is 0. The van der Waals surface area contributed by atoms with Crippen LogP contribution < -0.4 is 0 Å². The van der Waals surface area contributed by atoms with Gasteiger partial charge in [-0.2, -0.15) is 0 Å². The number of hydrogen-bond donors (Lipinski definition) is 0. The quantitative estimate of drug-likeness (QED) is 0.502. The van der Waals surface area contributed by atoms with Crippen molar-refractivity contribution < 1.29 is 14.3 Å². The first-order valence-corrected chi connectivity index (χ1v) is 2.98. The molecule has 0 radical (unpaired) electrons. The van der Waals surface area contributed by atoms with Crippen LogP contribution in [0.15, 0.2) is 0 Å². The van der Waals surface area contributed by atoms with Gasteiger partial charge in [0.15, 0.2) is 5.78 Å². The van der Waals surface area contributed by atoms with Gasteiger partial charge in [-0.05, 0) is 6.92 Å². The second-order valence-electron chi connectivity index (χ2n) is 2.17. The SMILES string of the molecule is CC(=O)COCC1CO1. The van der Waals surface area contributed by atoms with E-state index >= 15 is 0 Å². The van der Waals surface area contributed by atoms with Gasteiger partial charge in [0, 0.05) is 0 Å². The number of hydrogen-bond acceptors (Lipinski definition) is 3. The lowest BCUT2D eigenvalue weighted by molar-refractivity contribution is -0.121. The fourth-order valence-corrected chi connectivity index (χ4v) is 0.498. The number of ether oxygens (including phenoxy) is 2. The van der Waals surface area contributed by atoms with Crippen molar-refractivity contribution in [3.63, 3.8) is 0 Å². The number of ketones is 1. The van der Waals surface area contributed by atoms with E-state index in [1.54, 1.807) is 0 Å². The summed E-state index contributed by atoms with van der Waals surface area (Å²) >= 11 is 0. The van der Waals surface area contributed by atoms with Gasteiger partial charge < -0.3 is 9.47 Å². The van der Waals surface area contributed by atoms with Crippen molar-refractivity contribution in [3.8, 4) is 0 Å². The zero-order chi connectivity index (χ0) is 6.69. The molecule has 0 amide bonds. The molecule has 1 saturated heterocycles. The van der Waals surface area contributed by atoms with E-state index < -0.39 is 0 Å². The Kier molecular flexibility index (Phi) is 2.19. The Morgan fingerprint density at radius 1 is 1.89 bits per heavy atom. The van der Waals surface area contributed by atoms with E-state index in [0.717, 1.165) is 6.61 Å². The van der Waals surface area contributed by atoms with Crippen molar-refractivity contribution in [1.82, 2.24) is 0 Å². The Morgan fingerprint density at radius 2 is 2.56 bits per heavy atom. The molecule has 9 heavy (non-hydrogen) atoms. The van der Waals surface area contributed by atoms with Gasteiger partial charge in [-0.25, -0.2) is 0 Å². The van der Waals surface area contributed by atoms with E-state index in [9.17, 15) is 4.79 Å². The summed E-state index contributed by atoms with van der Waals surface area (Å²) in [4.78, 5) is 10.3. The summed E-state index contributed by atoms with van der Waals surface area (Å²) in [6.45, 7) is 3.09. The van der Waals surface area contributed by atoms with Crippen molar-refractivity contribution in [2.75, 3.05) is 19.8 Å². The Hall–Kier alpha value is -0.410. The fraction of sp³-hybridized carbons (Fsp3) is 0.833. The average Bonchev–Trinajstić information content (AvgIpc) is 2.48. The highest BCUT2D eigenvalue weighted by molar-refractivity contribution is 5.76. The Bertz CT molecular complexity index is 107. The first-order valence-electron chi connectivity index (χ1n) is 2.98. The molecule has 1 unspecified atom stereocenters. The second-order valence-corrected chi connectivity index (χ2v) is 2.17. The Morgan fingerprint density at radius 3 is 3.00 bits per heavy atom. The van der Waals surface area contributed by atoms with E-state index in [1.165, 1.54) is 6.92 Å². The van der Waals surface area contributed by atoms with Gasteiger partial charge in [0.1, 0.15) is 12.7 Å². The molecule has 0 spiro atoms. The molecule has 1 fully saturated rings. The van der Waals surface area contributed by atoms with Crippen molar-refractivity contribution in [2.24, 2.45) is 0 Å². The summed E-state index contributed by atoms with van der Waals surface area (Å²) < 4.78 is 9.80. The van der Waals surface area contributed by atoms with Crippen molar-refractivity contribution in [3.05, 3.63) is 0 Å². The monoisotopic (exact) mass is 130 g/mol. The minimum absolute atomic E-state index is 0.0654. The molecule has 1 rings (SSSR count). The predicted octanol–water partition coefficient (Wildman–Crippen LogP) is -0.00920. The maximum atomic E-state index is 10.3. The third-order valence-electron chi connectivity index (χ3n) is 1.01. The van der Waals surface area contributed by atoms with Crippen LogP contribution in [-0.4, -0.2) is 31.7 Å². The lowest BCUT2D eigenvalue weighted by Gasteiger charge is -1.95. The molecule has 1 heterocycles. The van der Waals surface area contributed by atoms with Gasteiger partial charge in [-0.3, -0.25) is 4.79 Å². The number of carbonyl (C=O) groups is 1. The normalized spacial score (nSPS) is 23.9. The molecule has 52 valence electrons. The lowest BCUT2D eigenvalue weighted by atomic mass is 10.5. The smallest absolute Gasteiger partial charge is 0.155 e. The molecule has 3 heteroatoms. The van der Waals surface area contributed by atoms with Crippen LogP contribution in [0.3, 0.4) is 0 Å². The molecule has 1 atom stereocenters. The Balaban J connectivity index is 1.86. The topological polar surface area (TPSA) is 38.8 Å². The minimum Gasteiger partial charge on any atom is -0.371 e. The highest BCUT2D eigenvalue weighted by Gasteiger charge is 2.22. The lowest BCUT2D eigenvalue weighted by Crippen LogP contribution is -2.08. The van der Waals surface area contributed by atoms with E-state index in [0.29, 0.717) is 6.61 Å². The molecule has 0 aliphatic carbocycles. The molecule has 0 bridgehead atoms. The van der Waals surface area contributed by atoms with Crippen LogP contribution in [0.5, 0.6) is 0 Å². The van der Waals surface area contributed by atoms with E-state index in [2.05, 4.69) is 0 Å². The molecule has 0 aromatic rings. The highest BCUT2D eigenvalue weighted by Crippen LogP contribution is 2.07. The second kappa shape index (κ2) is 2.94. The maximum Gasteiger partial charge on any atom is 0.155 e. The van der Waals surface area contributed by atoms with Crippen LogP contribution in [0, 0.1) is 0 Å². The summed E-state index contributed by atoms with van der Waals surface area (Å²) in [6, 6.07) is 0. The van der Waals surface area contributed by atoms with Gasteiger partial charge in [0.2, 0.25) is 0 Å². The van der Waals surface area contributed by atoms with Crippen LogP contribution in [0.1, 0.15) is 6.92 Å². The van der Waals surface area contributed by atoms with Crippen LogP contribution in [-0.2, 0) is 14.3 Å². The standard InChI is InChI=1S/C6H10O3/c1-5(7)2-8-3-6-4-9-6/h6H,2-4H2,1H3. The summed E-state index contributed by atoms with van der Waals surface area (Å²) in [5.74, 6) is 0.0654. The number of rotatable bonds is 4. The summed E-state index contributed by atoms with van der Waals surface area (Å²) in [7, 11) is 0. The van der Waals surface area contributed by atoms with E-state index in [-0.39, 0.29) is 18.5 Å². The molecule has 0 saturated carbocycles. The first kappa shape index (κ1) is 6.71. The largest absolute Gasteiger partial charge is 0.371 e. The van der Waals surface area contributed by atoms with Crippen LogP contribution >= 0.6 is 0 Å². The number of epoxide rings is 1. The van der Waals surface area contributed by atoms with Crippen LogP contribution in [0.25, 0.3) is 0 Å². The van der Waals surface area contributed by atoms with Gasteiger partial charge in [0.25, 0.3) is 0 Å². The predicted molar refractivity (Wildman–Crippen MR) is 31.2 cm³/mol. The maximum absolute atomic E-state index is 10.3. The molecule has 3 nitrogen and oxygen atoms in total. The first-order chi connectivity index (χ1) is 4.29. The number of carbonyl (C=O) groups excluding carboxylic acids is 1. The molecule has 1 aliphatic heterocycles. The number of Topliss-reactive ketones (excluding diaryl/α,β-unsaturated/α-hetero) is 1. The van der Waals surface area contributed by atoms with E-state index in [4.69, 9.17) is 9.47 Å². The molecule has 0 N–H and O–H groups in total. The van der Waals surface area contributed by atoms with Crippen molar-refractivity contribution in [2.45, 2.75) is 13.0 Å². The zero-order valence-corrected chi connectivity index (χ0v) is 5.42. The summed E-state index contributed by atoms with van der Waals surface area (Å²) in [5.41, 5.74) is 0. The van der Waals surface area contributed by atoms with Crippen LogP contribution in [0.4, 0.5) is 0 Å². The molecule has 1 aliphatic rings. The van der Waals surface area contributed by atoms with Gasteiger partial charge in [-0.1, -0.05) is 0 Å². The van der Waals surface area contributed by atoms with E-state index in [1.807, 2.05) is 0 Å². The minimum atomic E-state index is 0.0654. The molecule has 0 aromatic heterocycles. The van der Waals surface area contributed by atoms with Crippen molar-refractivity contribution >= 4 is 5.78 Å². The van der Waals surface area contributed by atoms with Gasteiger partial charge in [0.05, 0.1) is 13.2 Å². The van der Waals surface area contributed by atoms with Gasteiger partial charge >= 0.3 is 0 Å².